The standard InChI is InChI=1S/2C24H52N.H2O4S/c2*1-5-6-7-8-9-10-11-12-13-14-15-16-17-18-19-20-21-22-23-24-25(2,3)4;1-5(2,3)4/h2*5-24H2,1-4H3;(H2,1,2,3,4)/q2*+1;/p-2. The number of quaternary nitrogens is 2. The predicted octanol–water partition coefficient (Wildman–Crippen LogP) is 14.9. The first-order chi connectivity index (χ1) is 26.1. The molecule has 7 heteroatoms. The first-order valence-corrected chi connectivity index (χ1v) is 25.7. The van der Waals surface area contributed by atoms with Gasteiger partial charge in [0, 0.05) is 10.4 Å². The SMILES string of the molecule is CCCCCCCCCCCCCCCCCCCCC[N+](C)(C)C.CCCCCCCCCCCCCCCCCCCCC[N+](C)(C)C.O=S(=O)([O-])[O-]. The molecule has 0 aromatic rings. The molecule has 0 rings (SSSR count). The molecule has 0 saturated carbocycles. The van der Waals surface area contributed by atoms with Gasteiger partial charge in [-0.15, -0.1) is 0 Å². The maximum absolute atomic E-state index is 8.52. The molecule has 0 amide bonds. The molecule has 0 aliphatic carbocycles. The summed E-state index contributed by atoms with van der Waals surface area (Å²) < 4.78 is 36.3. The summed E-state index contributed by atoms with van der Waals surface area (Å²) in [6.07, 6.45) is 55.7. The van der Waals surface area contributed by atoms with Crippen LogP contribution in [0.25, 0.3) is 0 Å². The molecule has 0 bridgehead atoms. The van der Waals surface area contributed by atoms with Crippen LogP contribution in [0.5, 0.6) is 0 Å². The number of hydrogen-bond acceptors (Lipinski definition) is 4. The van der Waals surface area contributed by atoms with Crippen LogP contribution >= 0.6 is 0 Å². The minimum atomic E-state index is -5.17. The molecule has 0 aliphatic heterocycles. The van der Waals surface area contributed by atoms with Crippen molar-refractivity contribution in [3.05, 3.63) is 0 Å². The zero-order valence-corrected chi connectivity index (χ0v) is 40.0. The number of unbranched alkanes of at least 4 members (excludes halogenated alkanes) is 36. The van der Waals surface area contributed by atoms with Crippen LogP contribution in [0.2, 0.25) is 0 Å². The lowest BCUT2D eigenvalue weighted by atomic mass is 10.0. The molecule has 336 valence electrons. The highest BCUT2D eigenvalue weighted by molar-refractivity contribution is 7.79. The molecule has 0 heterocycles. The fraction of sp³-hybridized carbons (Fsp3) is 1.00. The van der Waals surface area contributed by atoms with E-state index in [0.717, 1.165) is 8.97 Å². The molecule has 0 N–H and O–H groups in total. The van der Waals surface area contributed by atoms with Crippen molar-refractivity contribution in [2.75, 3.05) is 55.4 Å². The highest BCUT2D eigenvalue weighted by atomic mass is 32.3. The van der Waals surface area contributed by atoms with E-state index < -0.39 is 10.4 Å². The van der Waals surface area contributed by atoms with Gasteiger partial charge in [-0.25, -0.2) is 0 Å². The largest absolute Gasteiger partial charge is 0.759 e. The second-order valence-electron chi connectivity index (χ2n) is 19.2. The van der Waals surface area contributed by atoms with Gasteiger partial charge in [0.15, 0.2) is 0 Å². The highest BCUT2D eigenvalue weighted by Gasteiger charge is 2.06. The van der Waals surface area contributed by atoms with E-state index in [1.807, 2.05) is 0 Å². The van der Waals surface area contributed by atoms with E-state index >= 15 is 0 Å². The molecule has 55 heavy (non-hydrogen) atoms. The minimum Gasteiger partial charge on any atom is -0.759 e. The predicted molar refractivity (Wildman–Crippen MR) is 243 cm³/mol. The van der Waals surface area contributed by atoms with Crippen molar-refractivity contribution in [1.82, 2.24) is 0 Å². The Labute approximate surface area is 348 Å². The zero-order chi connectivity index (χ0) is 41.8. The van der Waals surface area contributed by atoms with Crippen LogP contribution in [-0.4, -0.2) is 81.9 Å². The smallest absolute Gasteiger partial charge is 0.0780 e. The Kier molecular flexibility index (Phi) is 48.2. The van der Waals surface area contributed by atoms with Crippen LogP contribution in [0.4, 0.5) is 0 Å². The molecule has 0 atom stereocenters. The van der Waals surface area contributed by atoms with Gasteiger partial charge < -0.3 is 18.1 Å². The Hall–Kier alpha value is -0.210. The van der Waals surface area contributed by atoms with Crippen molar-refractivity contribution < 1.29 is 26.5 Å². The van der Waals surface area contributed by atoms with Gasteiger partial charge in [-0.3, -0.25) is 8.42 Å². The Balaban J connectivity index is -0.000000874. The van der Waals surface area contributed by atoms with Gasteiger partial charge in [-0.2, -0.15) is 0 Å². The van der Waals surface area contributed by atoms with Gasteiger partial charge in [-0.1, -0.05) is 232 Å². The van der Waals surface area contributed by atoms with E-state index in [0.29, 0.717) is 0 Å². The molecular formula is C48H104N2O4S. The van der Waals surface area contributed by atoms with E-state index in [1.54, 1.807) is 0 Å². The molecule has 0 unspecified atom stereocenters. The summed E-state index contributed by atoms with van der Waals surface area (Å²) in [5.41, 5.74) is 0. The molecule has 0 fully saturated rings. The first kappa shape index (κ1) is 59.1. The van der Waals surface area contributed by atoms with Crippen LogP contribution in [0.1, 0.15) is 258 Å². The second kappa shape index (κ2) is 44.9. The Morgan fingerprint density at radius 1 is 0.273 bits per heavy atom. The van der Waals surface area contributed by atoms with E-state index in [1.165, 1.54) is 257 Å². The molecule has 0 radical (unpaired) electrons. The van der Waals surface area contributed by atoms with Crippen molar-refractivity contribution in [1.29, 1.82) is 0 Å². The average molecular weight is 805 g/mol. The molecule has 0 aromatic carbocycles. The maximum Gasteiger partial charge on any atom is 0.0780 e. The maximum atomic E-state index is 8.52. The van der Waals surface area contributed by atoms with Gasteiger partial charge >= 0.3 is 0 Å². The second-order valence-corrected chi connectivity index (χ2v) is 20.0. The summed E-state index contributed by atoms with van der Waals surface area (Å²) >= 11 is 0. The van der Waals surface area contributed by atoms with Crippen LogP contribution < -0.4 is 0 Å². The van der Waals surface area contributed by atoms with E-state index in [4.69, 9.17) is 17.5 Å². The lowest BCUT2D eigenvalue weighted by Crippen LogP contribution is -2.35. The topological polar surface area (TPSA) is 80.3 Å². The molecule has 0 spiro atoms. The Bertz CT molecular complexity index is 748. The number of hydrogen-bond donors (Lipinski definition) is 0. The summed E-state index contributed by atoms with van der Waals surface area (Å²) in [5.74, 6) is 0. The minimum absolute atomic E-state index is 1.12. The first-order valence-electron chi connectivity index (χ1n) is 24.4. The van der Waals surface area contributed by atoms with Crippen molar-refractivity contribution in [2.45, 2.75) is 258 Å². The zero-order valence-electron chi connectivity index (χ0n) is 39.2. The number of rotatable bonds is 40. The van der Waals surface area contributed by atoms with Crippen molar-refractivity contribution in [3.8, 4) is 0 Å². The molecule has 0 saturated heterocycles. The monoisotopic (exact) mass is 805 g/mol. The van der Waals surface area contributed by atoms with Crippen LogP contribution in [0.15, 0.2) is 0 Å². The van der Waals surface area contributed by atoms with Gasteiger partial charge in [0.1, 0.15) is 0 Å². The Morgan fingerprint density at radius 3 is 0.491 bits per heavy atom. The summed E-state index contributed by atoms with van der Waals surface area (Å²) in [5, 5.41) is 0. The third-order valence-electron chi connectivity index (χ3n) is 10.9. The van der Waals surface area contributed by atoms with Crippen LogP contribution in [0, 0.1) is 0 Å². The molecule has 0 aliphatic rings. The van der Waals surface area contributed by atoms with Gasteiger partial charge in [0.2, 0.25) is 0 Å². The highest BCUT2D eigenvalue weighted by Crippen LogP contribution is 2.16. The normalized spacial score (nSPS) is 12.0. The fourth-order valence-electron chi connectivity index (χ4n) is 7.33. The van der Waals surface area contributed by atoms with Gasteiger partial charge in [0.25, 0.3) is 0 Å². The average Bonchev–Trinajstić information content (AvgIpc) is 3.09. The number of nitrogens with zero attached hydrogens (tertiary/aromatic N) is 2. The van der Waals surface area contributed by atoms with Gasteiger partial charge in [-0.05, 0) is 25.7 Å². The Morgan fingerprint density at radius 2 is 0.382 bits per heavy atom. The summed E-state index contributed by atoms with van der Waals surface area (Å²) in [7, 11) is 8.63. The third-order valence-corrected chi connectivity index (χ3v) is 10.9. The molecular weight excluding hydrogens is 701 g/mol. The van der Waals surface area contributed by atoms with E-state index in [9.17, 15) is 0 Å². The van der Waals surface area contributed by atoms with Crippen LogP contribution in [-0.2, 0) is 10.4 Å². The summed E-state index contributed by atoms with van der Waals surface area (Å²) in [6, 6.07) is 0. The van der Waals surface area contributed by atoms with E-state index in [2.05, 4.69) is 56.1 Å². The fourth-order valence-corrected chi connectivity index (χ4v) is 7.33. The molecule has 0 aromatic heterocycles. The van der Waals surface area contributed by atoms with Crippen molar-refractivity contribution in [3.63, 3.8) is 0 Å². The third kappa shape index (κ3) is 75.2. The summed E-state index contributed by atoms with van der Waals surface area (Å²) in [4.78, 5) is 0. The van der Waals surface area contributed by atoms with Crippen LogP contribution in [0.3, 0.4) is 0 Å². The van der Waals surface area contributed by atoms with Crippen molar-refractivity contribution >= 4 is 10.4 Å². The lowest BCUT2D eigenvalue weighted by molar-refractivity contribution is -0.870. The van der Waals surface area contributed by atoms with Crippen molar-refractivity contribution in [2.24, 2.45) is 0 Å². The van der Waals surface area contributed by atoms with Gasteiger partial charge in [0.05, 0.1) is 55.4 Å². The van der Waals surface area contributed by atoms with E-state index in [-0.39, 0.29) is 0 Å². The lowest BCUT2D eigenvalue weighted by Gasteiger charge is -2.23. The summed E-state index contributed by atoms with van der Waals surface area (Å²) in [6.45, 7) is 7.26. The quantitative estimate of drug-likeness (QED) is 0.0267. The molecule has 6 nitrogen and oxygen atoms in total.